The number of esters is 2. The molecule has 0 fully saturated rings. The van der Waals surface area contributed by atoms with Crippen molar-refractivity contribution >= 4 is 17.8 Å². The molecule has 0 aromatic heterocycles. The van der Waals surface area contributed by atoms with E-state index in [2.05, 4.69) is 12.2 Å². The maximum absolute atomic E-state index is 11.7. The first-order chi connectivity index (χ1) is 12.4. The normalized spacial score (nSPS) is 11.9. The van der Waals surface area contributed by atoms with E-state index >= 15 is 0 Å². The first-order valence-corrected chi connectivity index (χ1v) is 9.71. The van der Waals surface area contributed by atoms with Crippen LogP contribution < -0.4 is 11.1 Å². The van der Waals surface area contributed by atoms with Crippen molar-refractivity contribution in [3.63, 3.8) is 0 Å². The third kappa shape index (κ3) is 14.7. The number of nitrogens with two attached hydrogens (primary N) is 1. The number of ether oxygens (including phenoxy) is 2. The molecule has 7 heteroatoms. The van der Waals surface area contributed by atoms with Crippen molar-refractivity contribution in [3.8, 4) is 0 Å². The molecule has 0 bridgehead atoms. The number of carbonyl (C=O) groups is 3. The number of amides is 1. The second kappa shape index (κ2) is 15.6. The monoisotopic (exact) mass is 372 g/mol. The summed E-state index contributed by atoms with van der Waals surface area (Å²) in [4.78, 5) is 34.9. The van der Waals surface area contributed by atoms with Crippen LogP contribution in [-0.4, -0.2) is 43.6 Å². The molecule has 1 amide bonds. The Balaban J connectivity index is 3.71. The molecule has 0 radical (unpaired) electrons. The highest BCUT2D eigenvalue weighted by Gasteiger charge is 2.17. The molecule has 26 heavy (non-hydrogen) atoms. The van der Waals surface area contributed by atoms with Gasteiger partial charge in [-0.05, 0) is 25.2 Å². The van der Waals surface area contributed by atoms with E-state index in [-0.39, 0.29) is 25.3 Å². The van der Waals surface area contributed by atoms with Crippen LogP contribution in [-0.2, 0) is 23.9 Å². The fourth-order valence-corrected chi connectivity index (χ4v) is 2.11. The number of hydrogen-bond donors (Lipinski definition) is 2. The molecule has 0 rings (SSSR count). The number of hydrogen-bond acceptors (Lipinski definition) is 6. The molecule has 0 spiro atoms. The van der Waals surface area contributed by atoms with E-state index in [1.165, 1.54) is 12.8 Å². The van der Waals surface area contributed by atoms with Crippen molar-refractivity contribution in [1.29, 1.82) is 0 Å². The summed E-state index contributed by atoms with van der Waals surface area (Å²) in [7, 11) is 0. The van der Waals surface area contributed by atoms with Crippen LogP contribution in [0.2, 0.25) is 0 Å². The lowest BCUT2D eigenvalue weighted by atomic mass is 10.1. The minimum absolute atomic E-state index is 0.0603. The summed E-state index contributed by atoms with van der Waals surface area (Å²) < 4.78 is 10.1. The number of nitrogens with one attached hydrogen (secondary N) is 1. The first kappa shape index (κ1) is 24.4. The van der Waals surface area contributed by atoms with Crippen molar-refractivity contribution in [2.75, 3.05) is 19.8 Å². The Kier molecular flexibility index (Phi) is 14.6. The third-order valence-corrected chi connectivity index (χ3v) is 3.87. The molecule has 3 N–H and O–H groups in total. The van der Waals surface area contributed by atoms with Gasteiger partial charge in [0.1, 0.15) is 12.6 Å². The quantitative estimate of drug-likeness (QED) is 0.337. The molecule has 152 valence electrons. The third-order valence-electron chi connectivity index (χ3n) is 3.87. The molecule has 0 aromatic rings. The van der Waals surface area contributed by atoms with E-state index < -0.39 is 18.0 Å². The fraction of sp³-hybridized carbons (Fsp3) is 0.842. The molecule has 1 unspecified atom stereocenters. The molecule has 7 nitrogen and oxygen atoms in total. The Labute approximate surface area is 157 Å². The average Bonchev–Trinajstić information content (AvgIpc) is 2.60. The summed E-state index contributed by atoms with van der Waals surface area (Å²) in [5, 5.41) is 2.47. The van der Waals surface area contributed by atoms with Gasteiger partial charge < -0.3 is 20.5 Å². The van der Waals surface area contributed by atoms with Crippen LogP contribution in [0.25, 0.3) is 0 Å². The van der Waals surface area contributed by atoms with Crippen LogP contribution in [0.1, 0.15) is 72.1 Å². The van der Waals surface area contributed by atoms with E-state index in [4.69, 9.17) is 15.2 Å². The van der Waals surface area contributed by atoms with Gasteiger partial charge in [0, 0.05) is 6.42 Å². The Bertz CT molecular complexity index is 413. The van der Waals surface area contributed by atoms with Gasteiger partial charge in [0.25, 0.3) is 0 Å². The van der Waals surface area contributed by atoms with Gasteiger partial charge in [0.05, 0.1) is 13.2 Å². The summed E-state index contributed by atoms with van der Waals surface area (Å²) in [6, 6.07) is -0.831. The first-order valence-electron chi connectivity index (χ1n) is 9.71. The van der Waals surface area contributed by atoms with Crippen LogP contribution >= 0.6 is 0 Å². The van der Waals surface area contributed by atoms with Crippen LogP contribution in [0.3, 0.4) is 0 Å². The van der Waals surface area contributed by atoms with Crippen molar-refractivity contribution in [1.82, 2.24) is 5.32 Å². The molecular weight excluding hydrogens is 336 g/mol. The minimum atomic E-state index is -0.831. The predicted molar refractivity (Wildman–Crippen MR) is 100 cm³/mol. The van der Waals surface area contributed by atoms with Gasteiger partial charge in [-0.2, -0.15) is 0 Å². The van der Waals surface area contributed by atoms with Crippen molar-refractivity contribution in [3.05, 3.63) is 0 Å². The van der Waals surface area contributed by atoms with E-state index in [0.29, 0.717) is 19.1 Å². The number of rotatable bonds is 15. The number of carbonyl (C=O) groups excluding carboxylic acids is 3. The van der Waals surface area contributed by atoms with Gasteiger partial charge in [-0.1, -0.05) is 46.5 Å². The summed E-state index contributed by atoms with van der Waals surface area (Å²) in [5.74, 6) is -0.844. The Morgan fingerprint density at radius 1 is 0.962 bits per heavy atom. The Morgan fingerprint density at radius 2 is 1.65 bits per heavy atom. The fourth-order valence-electron chi connectivity index (χ4n) is 2.11. The summed E-state index contributed by atoms with van der Waals surface area (Å²) in [6.45, 7) is 6.77. The van der Waals surface area contributed by atoms with Crippen LogP contribution in [0, 0.1) is 5.92 Å². The Hall–Kier alpha value is -1.63. The smallest absolute Gasteiger partial charge is 0.325 e. The molecular formula is C19H36N2O5. The van der Waals surface area contributed by atoms with Gasteiger partial charge in [0.2, 0.25) is 5.91 Å². The van der Waals surface area contributed by atoms with Crippen molar-refractivity contribution < 1.29 is 23.9 Å². The van der Waals surface area contributed by atoms with Gasteiger partial charge in [-0.3, -0.25) is 14.4 Å². The van der Waals surface area contributed by atoms with E-state index in [1.807, 2.05) is 13.8 Å². The number of unbranched alkanes of at least 4 members (excludes halogenated alkanes) is 4. The molecule has 0 aliphatic heterocycles. The van der Waals surface area contributed by atoms with Crippen molar-refractivity contribution in [2.24, 2.45) is 11.7 Å². The molecule has 0 aliphatic carbocycles. The second-order valence-electron chi connectivity index (χ2n) is 6.91. The van der Waals surface area contributed by atoms with Gasteiger partial charge in [-0.25, -0.2) is 0 Å². The predicted octanol–water partition coefficient (Wildman–Crippen LogP) is 2.31. The highest BCUT2D eigenvalue weighted by molar-refractivity contribution is 5.82. The van der Waals surface area contributed by atoms with E-state index in [9.17, 15) is 14.4 Å². The average molecular weight is 373 g/mol. The van der Waals surface area contributed by atoms with Crippen LogP contribution in [0.4, 0.5) is 0 Å². The lowest BCUT2D eigenvalue weighted by molar-refractivity contribution is -0.146. The molecule has 0 heterocycles. The summed E-state index contributed by atoms with van der Waals surface area (Å²) >= 11 is 0. The summed E-state index contributed by atoms with van der Waals surface area (Å²) in [6.07, 6.45) is 6.41. The van der Waals surface area contributed by atoms with E-state index in [0.717, 1.165) is 25.7 Å². The Morgan fingerprint density at radius 3 is 2.31 bits per heavy atom. The topological polar surface area (TPSA) is 108 Å². The maximum atomic E-state index is 11.7. The molecule has 1 atom stereocenters. The van der Waals surface area contributed by atoms with E-state index in [1.54, 1.807) is 0 Å². The lowest BCUT2D eigenvalue weighted by Gasteiger charge is -2.12. The minimum Gasteiger partial charge on any atom is -0.465 e. The van der Waals surface area contributed by atoms with Crippen molar-refractivity contribution in [2.45, 2.75) is 78.2 Å². The molecule has 0 aromatic carbocycles. The van der Waals surface area contributed by atoms with Gasteiger partial charge >= 0.3 is 11.9 Å². The van der Waals surface area contributed by atoms with Crippen LogP contribution in [0.15, 0.2) is 0 Å². The largest absolute Gasteiger partial charge is 0.465 e. The lowest BCUT2D eigenvalue weighted by Crippen LogP contribution is -2.36. The summed E-state index contributed by atoms with van der Waals surface area (Å²) in [5.41, 5.74) is 5.71. The van der Waals surface area contributed by atoms with Crippen LogP contribution in [0.5, 0.6) is 0 Å². The molecule has 0 saturated carbocycles. The highest BCUT2D eigenvalue weighted by atomic mass is 16.5. The SMILES string of the molecule is CCCCCCCOC(=O)CNC(=O)CCC(N)C(=O)OCCC(C)C. The molecule has 0 saturated heterocycles. The standard InChI is InChI=1S/C19H36N2O5/c1-4-5-6-7-8-12-25-18(23)14-21-17(22)10-9-16(20)19(24)26-13-11-15(2)3/h15-16H,4-14,20H2,1-3H3,(H,21,22). The zero-order valence-corrected chi connectivity index (χ0v) is 16.6. The maximum Gasteiger partial charge on any atom is 0.325 e. The van der Waals surface area contributed by atoms with Gasteiger partial charge in [-0.15, -0.1) is 0 Å². The zero-order valence-electron chi connectivity index (χ0n) is 16.6. The highest BCUT2D eigenvalue weighted by Crippen LogP contribution is 2.03. The zero-order chi connectivity index (χ0) is 19.8. The second-order valence-corrected chi connectivity index (χ2v) is 6.91. The molecule has 0 aliphatic rings. The van der Waals surface area contributed by atoms with Gasteiger partial charge in [0.15, 0.2) is 0 Å².